The van der Waals surface area contributed by atoms with Gasteiger partial charge in [-0.1, -0.05) is 25.4 Å². The lowest BCUT2D eigenvalue weighted by Crippen LogP contribution is -2.31. The number of hydrogen-bond donors (Lipinski definition) is 2. The smallest absolute Gasteiger partial charge is 0.233 e. The van der Waals surface area contributed by atoms with Gasteiger partial charge in [0.15, 0.2) is 0 Å². The van der Waals surface area contributed by atoms with Gasteiger partial charge in [-0.25, -0.2) is 0 Å². The van der Waals surface area contributed by atoms with Gasteiger partial charge in [0, 0.05) is 17.3 Å². The molecule has 100 valence electrons. The molecule has 6 heteroatoms. The second-order valence-corrected chi connectivity index (χ2v) is 6.23. The summed E-state index contributed by atoms with van der Waals surface area (Å²) in [5.41, 5.74) is 6.06. The van der Waals surface area contributed by atoms with Crippen LogP contribution in [0.15, 0.2) is 23.1 Å². The highest BCUT2D eigenvalue weighted by atomic mass is 35.5. The van der Waals surface area contributed by atoms with E-state index in [9.17, 15) is 9.00 Å². The van der Waals surface area contributed by atoms with Crippen LogP contribution < -0.4 is 11.1 Å². The number of halogens is 1. The molecule has 0 aliphatic heterocycles. The van der Waals surface area contributed by atoms with E-state index >= 15 is 0 Å². The summed E-state index contributed by atoms with van der Waals surface area (Å²) >= 11 is 5.75. The molecule has 0 aromatic heterocycles. The average Bonchev–Trinajstić information content (AvgIpc) is 2.26. The molecular weight excluding hydrogens is 272 g/mol. The van der Waals surface area contributed by atoms with Gasteiger partial charge in [-0.3, -0.25) is 9.00 Å². The number of nitrogens with one attached hydrogen (secondary N) is 1. The third-order valence-electron chi connectivity index (χ3n) is 2.19. The summed E-state index contributed by atoms with van der Waals surface area (Å²) in [6.45, 7) is 4.56. The number of anilines is 1. The Bertz CT molecular complexity index is 463. The Hall–Kier alpha value is -1.07. The summed E-state index contributed by atoms with van der Waals surface area (Å²) in [5.74, 6) is 0.0396. The van der Waals surface area contributed by atoms with E-state index < -0.39 is 10.8 Å². The molecule has 3 N–H and O–H groups in total. The van der Waals surface area contributed by atoms with Crippen molar-refractivity contribution in [2.24, 2.45) is 5.92 Å². The quantitative estimate of drug-likeness (QED) is 0.812. The van der Waals surface area contributed by atoms with Crippen molar-refractivity contribution >= 4 is 34.0 Å². The van der Waals surface area contributed by atoms with Gasteiger partial charge in [0.1, 0.15) is 5.75 Å². The molecule has 0 saturated heterocycles. The monoisotopic (exact) mass is 288 g/mol. The van der Waals surface area contributed by atoms with Gasteiger partial charge in [-0.15, -0.1) is 0 Å². The van der Waals surface area contributed by atoms with Crippen LogP contribution in [0.1, 0.15) is 13.8 Å². The molecule has 18 heavy (non-hydrogen) atoms. The van der Waals surface area contributed by atoms with Crippen molar-refractivity contribution in [2.75, 3.05) is 18.0 Å². The molecule has 0 aliphatic carbocycles. The van der Waals surface area contributed by atoms with E-state index in [2.05, 4.69) is 5.32 Å². The molecule has 1 atom stereocenters. The Kier molecular flexibility index (Phi) is 5.62. The van der Waals surface area contributed by atoms with E-state index in [-0.39, 0.29) is 11.7 Å². The fraction of sp³-hybridized carbons (Fsp3) is 0.417. The maximum atomic E-state index is 12.0. The Morgan fingerprint density at radius 1 is 1.50 bits per heavy atom. The second-order valence-electron chi connectivity index (χ2n) is 4.37. The largest absolute Gasteiger partial charge is 0.398 e. The highest BCUT2D eigenvalue weighted by molar-refractivity contribution is 7.86. The highest BCUT2D eigenvalue weighted by Crippen LogP contribution is 2.21. The predicted molar refractivity (Wildman–Crippen MR) is 75.0 cm³/mol. The van der Waals surface area contributed by atoms with E-state index in [1.165, 1.54) is 6.07 Å². The van der Waals surface area contributed by atoms with Gasteiger partial charge in [-0.2, -0.15) is 0 Å². The third kappa shape index (κ3) is 4.66. The summed E-state index contributed by atoms with van der Waals surface area (Å²) in [7, 11) is -1.44. The minimum absolute atomic E-state index is 0.0848. The SMILES string of the molecule is CC(C)CNC(=O)CS(=O)c1ccc(Cl)cc1N. The van der Waals surface area contributed by atoms with Crippen LogP contribution >= 0.6 is 11.6 Å². The standard InChI is InChI=1S/C12H17ClN2O2S/c1-8(2)6-15-12(16)7-18(17)11-4-3-9(13)5-10(11)14/h3-5,8H,6-7,14H2,1-2H3,(H,15,16). The molecule has 0 radical (unpaired) electrons. The molecule has 0 spiro atoms. The number of carbonyl (C=O) groups is 1. The summed E-state index contributed by atoms with van der Waals surface area (Å²) in [4.78, 5) is 12.0. The van der Waals surface area contributed by atoms with E-state index in [1.807, 2.05) is 13.8 Å². The van der Waals surface area contributed by atoms with Gasteiger partial charge < -0.3 is 11.1 Å². The second kappa shape index (κ2) is 6.75. The maximum Gasteiger partial charge on any atom is 0.233 e. The van der Waals surface area contributed by atoms with Crippen molar-refractivity contribution in [1.29, 1.82) is 0 Å². The lowest BCUT2D eigenvalue weighted by atomic mass is 10.2. The maximum absolute atomic E-state index is 12.0. The zero-order valence-electron chi connectivity index (χ0n) is 10.4. The molecular formula is C12H17ClN2O2S. The Morgan fingerprint density at radius 2 is 2.17 bits per heavy atom. The van der Waals surface area contributed by atoms with Crippen molar-refractivity contribution in [3.05, 3.63) is 23.2 Å². The third-order valence-corrected chi connectivity index (χ3v) is 3.81. The molecule has 0 bridgehead atoms. The summed E-state index contributed by atoms with van der Waals surface area (Å²) in [6.07, 6.45) is 0. The minimum atomic E-state index is -1.44. The zero-order valence-corrected chi connectivity index (χ0v) is 12.0. The lowest BCUT2D eigenvalue weighted by molar-refractivity contribution is -0.118. The van der Waals surface area contributed by atoms with Gasteiger partial charge in [0.05, 0.1) is 15.7 Å². The van der Waals surface area contributed by atoms with Crippen molar-refractivity contribution in [2.45, 2.75) is 18.7 Å². The zero-order chi connectivity index (χ0) is 13.7. The van der Waals surface area contributed by atoms with Crippen molar-refractivity contribution < 1.29 is 9.00 Å². The molecule has 1 rings (SSSR count). The fourth-order valence-electron chi connectivity index (χ4n) is 1.29. The van der Waals surface area contributed by atoms with E-state index in [0.717, 1.165) is 0 Å². The summed E-state index contributed by atoms with van der Waals surface area (Å²) < 4.78 is 12.0. The topological polar surface area (TPSA) is 72.2 Å². The number of amides is 1. The molecule has 0 heterocycles. The number of rotatable bonds is 5. The van der Waals surface area contributed by atoms with Crippen LogP contribution in [0.5, 0.6) is 0 Å². The van der Waals surface area contributed by atoms with Crippen LogP contribution in [0.4, 0.5) is 5.69 Å². The van der Waals surface area contributed by atoms with Gasteiger partial charge in [-0.05, 0) is 24.1 Å². The number of hydrogen-bond acceptors (Lipinski definition) is 3. The summed E-state index contributed by atoms with van der Waals surface area (Å²) in [5, 5.41) is 3.20. The molecule has 1 aromatic carbocycles. The first-order valence-electron chi connectivity index (χ1n) is 5.60. The first-order valence-corrected chi connectivity index (χ1v) is 7.30. The first kappa shape index (κ1) is 15.0. The average molecular weight is 289 g/mol. The minimum Gasteiger partial charge on any atom is -0.398 e. The first-order chi connectivity index (χ1) is 8.40. The van der Waals surface area contributed by atoms with Gasteiger partial charge in [0.25, 0.3) is 0 Å². The lowest BCUT2D eigenvalue weighted by Gasteiger charge is -2.08. The fourth-order valence-corrected chi connectivity index (χ4v) is 2.51. The van der Waals surface area contributed by atoms with Gasteiger partial charge in [0.2, 0.25) is 5.91 Å². The van der Waals surface area contributed by atoms with Crippen molar-refractivity contribution in [1.82, 2.24) is 5.32 Å². The number of nitrogen functional groups attached to an aromatic ring is 1. The Balaban J connectivity index is 2.62. The molecule has 1 amide bonds. The molecule has 1 unspecified atom stereocenters. The van der Waals surface area contributed by atoms with Crippen molar-refractivity contribution in [3.63, 3.8) is 0 Å². The highest BCUT2D eigenvalue weighted by Gasteiger charge is 2.13. The van der Waals surface area contributed by atoms with Crippen LogP contribution in [0.2, 0.25) is 5.02 Å². The molecule has 0 fully saturated rings. The normalized spacial score (nSPS) is 12.4. The molecule has 0 aliphatic rings. The molecule has 1 aromatic rings. The van der Waals surface area contributed by atoms with E-state index in [4.69, 9.17) is 17.3 Å². The molecule has 0 saturated carbocycles. The van der Waals surface area contributed by atoms with Crippen LogP contribution in [0, 0.1) is 5.92 Å². The van der Waals surface area contributed by atoms with Crippen molar-refractivity contribution in [3.8, 4) is 0 Å². The van der Waals surface area contributed by atoms with Gasteiger partial charge >= 0.3 is 0 Å². The van der Waals surface area contributed by atoms with Crippen LogP contribution in [-0.4, -0.2) is 22.4 Å². The number of benzene rings is 1. The number of carbonyl (C=O) groups excluding carboxylic acids is 1. The van der Waals surface area contributed by atoms with Crippen LogP contribution in [0.3, 0.4) is 0 Å². The van der Waals surface area contributed by atoms with E-state index in [1.54, 1.807) is 12.1 Å². The molecule has 4 nitrogen and oxygen atoms in total. The Morgan fingerprint density at radius 3 is 2.72 bits per heavy atom. The predicted octanol–water partition coefficient (Wildman–Crippen LogP) is 1.80. The number of nitrogens with two attached hydrogens (primary N) is 1. The van der Waals surface area contributed by atoms with Crippen LogP contribution in [-0.2, 0) is 15.6 Å². The summed E-state index contributed by atoms with van der Waals surface area (Å²) in [6, 6.07) is 4.72. The van der Waals surface area contributed by atoms with E-state index in [0.29, 0.717) is 28.1 Å². The van der Waals surface area contributed by atoms with Crippen LogP contribution in [0.25, 0.3) is 0 Å². The Labute approximate surface area is 114 Å².